The van der Waals surface area contributed by atoms with Crippen LogP contribution in [0.4, 0.5) is 0 Å². The van der Waals surface area contributed by atoms with Crippen LogP contribution >= 0.6 is 11.8 Å². The molecule has 1 atom stereocenters. The zero-order chi connectivity index (χ0) is 10.8. The summed E-state index contributed by atoms with van der Waals surface area (Å²) in [4.78, 5) is 15.8. The summed E-state index contributed by atoms with van der Waals surface area (Å²) in [5, 5.41) is 6.63. The summed E-state index contributed by atoms with van der Waals surface area (Å²) in [6, 6.07) is 0.350. The van der Waals surface area contributed by atoms with Crippen molar-refractivity contribution in [1.29, 1.82) is 0 Å². The van der Waals surface area contributed by atoms with Crippen LogP contribution in [0.25, 0.3) is 0 Å². The Balaban J connectivity index is 2.59. The van der Waals surface area contributed by atoms with E-state index in [-0.39, 0.29) is 5.91 Å². The maximum absolute atomic E-state index is 11.5. The average Bonchev–Trinajstić information content (AvgIpc) is 2.48. The van der Waals surface area contributed by atoms with Crippen LogP contribution in [0, 0.1) is 0 Å². The van der Waals surface area contributed by atoms with E-state index < -0.39 is 5.54 Å². The second-order valence-corrected chi connectivity index (χ2v) is 4.93. The summed E-state index contributed by atoms with van der Waals surface area (Å²) < 4.78 is 0. The Morgan fingerprint density at radius 3 is 2.71 bits per heavy atom. The molecular weight excluding hydrogens is 198 g/mol. The lowest BCUT2D eigenvalue weighted by atomic mass is 10.1. The number of likely N-dealkylation sites (N-methyl/N-ethyl adjacent to an activating group) is 1. The SMILES string of the molecule is CNC(=O)C(C)(C)NC1=NC(C)CS1. The first-order valence-electron chi connectivity index (χ1n) is 4.66. The fourth-order valence-corrected chi connectivity index (χ4v) is 2.23. The summed E-state index contributed by atoms with van der Waals surface area (Å²) in [5.74, 6) is 0.965. The largest absolute Gasteiger partial charge is 0.357 e. The molecule has 0 radical (unpaired) electrons. The number of thioether (sulfide) groups is 1. The van der Waals surface area contributed by atoms with E-state index in [0.29, 0.717) is 6.04 Å². The number of nitrogens with zero attached hydrogens (tertiary/aromatic N) is 1. The Morgan fingerprint density at radius 1 is 1.64 bits per heavy atom. The zero-order valence-electron chi connectivity index (χ0n) is 9.05. The van der Waals surface area contributed by atoms with E-state index in [9.17, 15) is 4.79 Å². The highest BCUT2D eigenvalue weighted by atomic mass is 32.2. The predicted octanol–water partition coefficient (Wildman–Crippen LogP) is 0.592. The number of nitrogens with one attached hydrogen (secondary N) is 2. The molecule has 1 amide bonds. The van der Waals surface area contributed by atoms with Gasteiger partial charge in [-0.2, -0.15) is 0 Å². The smallest absolute Gasteiger partial charge is 0.244 e. The molecule has 0 spiro atoms. The monoisotopic (exact) mass is 215 g/mol. The number of hydrogen-bond acceptors (Lipinski definition) is 4. The maximum Gasteiger partial charge on any atom is 0.244 e. The molecule has 0 saturated heterocycles. The number of carbonyl (C=O) groups is 1. The van der Waals surface area contributed by atoms with Crippen LogP contribution in [0.1, 0.15) is 20.8 Å². The van der Waals surface area contributed by atoms with Gasteiger partial charge in [-0.3, -0.25) is 9.79 Å². The highest BCUT2D eigenvalue weighted by Crippen LogP contribution is 2.18. The van der Waals surface area contributed by atoms with Gasteiger partial charge in [0.15, 0.2) is 5.17 Å². The van der Waals surface area contributed by atoms with Crippen molar-refractivity contribution >= 4 is 22.8 Å². The first kappa shape index (κ1) is 11.4. The molecule has 0 fully saturated rings. The number of aliphatic imine (C=N–C) groups is 1. The number of amidine groups is 1. The Bertz CT molecular complexity index is 263. The van der Waals surface area contributed by atoms with Crippen LogP contribution in [-0.4, -0.2) is 35.5 Å². The number of amides is 1. The summed E-state index contributed by atoms with van der Waals surface area (Å²) in [5.41, 5.74) is -0.593. The molecule has 0 aromatic rings. The van der Waals surface area contributed by atoms with Gasteiger partial charge in [0.25, 0.3) is 0 Å². The van der Waals surface area contributed by atoms with E-state index >= 15 is 0 Å². The van der Waals surface area contributed by atoms with Gasteiger partial charge in [0, 0.05) is 12.8 Å². The van der Waals surface area contributed by atoms with Crippen molar-refractivity contribution in [3.8, 4) is 0 Å². The minimum atomic E-state index is -0.593. The van der Waals surface area contributed by atoms with Gasteiger partial charge in [0.1, 0.15) is 5.54 Å². The van der Waals surface area contributed by atoms with Crippen molar-refractivity contribution in [2.75, 3.05) is 12.8 Å². The number of hydrogen-bond donors (Lipinski definition) is 2. The fourth-order valence-electron chi connectivity index (χ4n) is 1.18. The van der Waals surface area contributed by atoms with E-state index in [0.717, 1.165) is 10.9 Å². The van der Waals surface area contributed by atoms with Gasteiger partial charge in [0.2, 0.25) is 5.91 Å². The first-order chi connectivity index (χ1) is 6.45. The van der Waals surface area contributed by atoms with Crippen molar-refractivity contribution < 1.29 is 4.79 Å². The molecule has 1 aliphatic heterocycles. The third kappa shape index (κ3) is 2.64. The van der Waals surface area contributed by atoms with Gasteiger partial charge < -0.3 is 10.6 Å². The van der Waals surface area contributed by atoms with Gasteiger partial charge >= 0.3 is 0 Å². The molecule has 1 heterocycles. The van der Waals surface area contributed by atoms with Crippen LogP contribution in [0.15, 0.2) is 4.99 Å². The predicted molar refractivity (Wildman–Crippen MR) is 60.6 cm³/mol. The molecule has 0 aromatic heterocycles. The van der Waals surface area contributed by atoms with Crippen molar-refractivity contribution in [3.05, 3.63) is 0 Å². The van der Waals surface area contributed by atoms with Gasteiger partial charge in [-0.25, -0.2) is 0 Å². The highest BCUT2D eigenvalue weighted by molar-refractivity contribution is 8.14. The normalized spacial score (nSPS) is 21.7. The van der Waals surface area contributed by atoms with Crippen molar-refractivity contribution in [3.63, 3.8) is 0 Å². The summed E-state index contributed by atoms with van der Waals surface area (Å²) in [6.07, 6.45) is 0. The van der Waals surface area contributed by atoms with Gasteiger partial charge in [-0.05, 0) is 20.8 Å². The summed E-state index contributed by atoms with van der Waals surface area (Å²) in [7, 11) is 1.64. The van der Waals surface area contributed by atoms with E-state index in [1.807, 2.05) is 13.8 Å². The molecule has 0 aromatic carbocycles. The van der Waals surface area contributed by atoms with Crippen LogP contribution < -0.4 is 10.6 Å². The average molecular weight is 215 g/mol. The van der Waals surface area contributed by atoms with E-state index in [2.05, 4.69) is 22.5 Å². The van der Waals surface area contributed by atoms with Crippen molar-refractivity contribution in [2.24, 2.45) is 4.99 Å². The molecule has 2 N–H and O–H groups in total. The molecule has 5 heteroatoms. The van der Waals surface area contributed by atoms with E-state index in [1.54, 1.807) is 18.8 Å². The van der Waals surface area contributed by atoms with Crippen LogP contribution in [-0.2, 0) is 4.79 Å². The lowest BCUT2D eigenvalue weighted by Crippen LogP contribution is -2.53. The molecule has 1 aliphatic rings. The molecule has 4 nitrogen and oxygen atoms in total. The van der Waals surface area contributed by atoms with Gasteiger partial charge in [-0.1, -0.05) is 11.8 Å². The van der Waals surface area contributed by atoms with Crippen LogP contribution in [0.2, 0.25) is 0 Å². The molecule has 14 heavy (non-hydrogen) atoms. The molecule has 0 aliphatic carbocycles. The summed E-state index contributed by atoms with van der Waals surface area (Å²) >= 11 is 1.66. The molecule has 0 bridgehead atoms. The number of carbonyl (C=O) groups excluding carboxylic acids is 1. The number of rotatable bonds is 2. The van der Waals surface area contributed by atoms with Crippen molar-refractivity contribution in [1.82, 2.24) is 10.6 Å². The molecule has 80 valence electrons. The quantitative estimate of drug-likeness (QED) is 0.709. The topological polar surface area (TPSA) is 53.5 Å². The Morgan fingerprint density at radius 2 is 2.29 bits per heavy atom. The Hall–Kier alpha value is -0.710. The maximum atomic E-state index is 11.5. The van der Waals surface area contributed by atoms with Crippen molar-refractivity contribution in [2.45, 2.75) is 32.4 Å². The Kier molecular flexibility index (Phi) is 3.42. The lowest BCUT2D eigenvalue weighted by molar-refractivity contribution is -0.125. The fraction of sp³-hybridized carbons (Fsp3) is 0.778. The third-order valence-corrected chi connectivity index (χ3v) is 3.14. The molecule has 0 saturated carbocycles. The van der Waals surface area contributed by atoms with E-state index in [4.69, 9.17) is 0 Å². The standard InChI is InChI=1S/C9H17N3OS/c1-6-5-14-8(11-6)12-9(2,3)7(13)10-4/h6H,5H2,1-4H3,(H,10,13)(H,11,12). The first-order valence-corrected chi connectivity index (χ1v) is 5.65. The van der Waals surface area contributed by atoms with Gasteiger partial charge in [-0.15, -0.1) is 0 Å². The zero-order valence-corrected chi connectivity index (χ0v) is 9.86. The molecule has 1 rings (SSSR count). The minimum Gasteiger partial charge on any atom is -0.357 e. The lowest BCUT2D eigenvalue weighted by Gasteiger charge is -2.24. The second kappa shape index (κ2) is 4.21. The second-order valence-electron chi connectivity index (χ2n) is 3.92. The molecular formula is C9H17N3OS. The third-order valence-electron chi connectivity index (χ3n) is 2.01. The van der Waals surface area contributed by atoms with Crippen LogP contribution in [0.5, 0.6) is 0 Å². The van der Waals surface area contributed by atoms with Gasteiger partial charge in [0.05, 0.1) is 6.04 Å². The van der Waals surface area contributed by atoms with E-state index in [1.165, 1.54) is 0 Å². The summed E-state index contributed by atoms with van der Waals surface area (Å²) in [6.45, 7) is 5.75. The van der Waals surface area contributed by atoms with Crippen LogP contribution in [0.3, 0.4) is 0 Å². The molecule has 1 unspecified atom stereocenters. The highest BCUT2D eigenvalue weighted by Gasteiger charge is 2.29. The minimum absolute atomic E-state index is 0.0275. The Labute approximate surface area is 88.9 Å².